The van der Waals surface area contributed by atoms with Crippen LogP contribution in [0.3, 0.4) is 0 Å². The van der Waals surface area contributed by atoms with Crippen molar-refractivity contribution in [1.29, 1.82) is 0 Å². The number of hydrogen-bond acceptors (Lipinski definition) is 5. The lowest BCUT2D eigenvalue weighted by atomic mass is 10.1. The second-order valence-corrected chi connectivity index (χ2v) is 6.40. The highest BCUT2D eigenvalue weighted by Gasteiger charge is 2.04. The number of nitrogens with zero attached hydrogens (tertiary/aromatic N) is 2. The Balaban J connectivity index is 1.60. The van der Waals surface area contributed by atoms with Crippen molar-refractivity contribution in [2.75, 3.05) is 22.5 Å². The zero-order valence-electron chi connectivity index (χ0n) is 15.8. The van der Waals surface area contributed by atoms with Crippen LogP contribution in [0.4, 0.5) is 27.5 Å². The third kappa shape index (κ3) is 5.77. The maximum atomic E-state index is 13.0. The number of hydrogen-bond donors (Lipinski definition) is 3. The lowest BCUT2D eigenvalue weighted by Crippen LogP contribution is -2.09. The summed E-state index contributed by atoms with van der Waals surface area (Å²) in [6, 6.07) is 15.7. The SMILES string of the molecule is CC(=O)Nc1ccc(Nc2cc(C)nc(NCCc3ccc(F)cc3)n2)cc1. The van der Waals surface area contributed by atoms with Crippen molar-refractivity contribution in [3.05, 3.63) is 71.7 Å². The van der Waals surface area contributed by atoms with E-state index in [1.165, 1.54) is 19.1 Å². The number of aryl methyl sites for hydroxylation is 1. The van der Waals surface area contributed by atoms with Gasteiger partial charge in [-0.25, -0.2) is 9.37 Å². The predicted octanol–water partition coefficient (Wildman–Crippen LogP) is 4.28. The fraction of sp³-hybridized carbons (Fsp3) is 0.190. The molecule has 3 aromatic rings. The van der Waals surface area contributed by atoms with Crippen LogP contribution in [0.25, 0.3) is 0 Å². The van der Waals surface area contributed by atoms with Gasteiger partial charge in [0.05, 0.1) is 0 Å². The molecule has 0 fully saturated rings. The molecule has 1 heterocycles. The predicted molar refractivity (Wildman–Crippen MR) is 109 cm³/mol. The largest absolute Gasteiger partial charge is 0.354 e. The van der Waals surface area contributed by atoms with E-state index in [9.17, 15) is 9.18 Å². The third-order valence-corrected chi connectivity index (χ3v) is 3.94. The maximum absolute atomic E-state index is 13.0. The molecule has 0 aliphatic rings. The molecule has 2 aromatic carbocycles. The molecule has 6 nitrogen and oxygen atoms in total. The van der Waals surface area contributed by atoms with Crippen molar-refractivity contribution < 1.29 is 9.18 Å². The van der Waals surface area contributed by atoms with Crippen LogP contribution in [0.2, 0.25) is 0 Å². The molecule has 0 saturated heterocycles. The standard InChI is InChI=1S/C21H22FN5O/c1-14-13-20(26-19-9-7-18(8-10-19)25-15(2)28)27-21(24-14)23-12-11-16-3-5-17(22)6-4-16/h3-10,13H,11-12H2,1-2H3,(H,25,28)(H2,23,24,26,27). The smallest absolute Gasteiger partial charge is 0.224 e. The van der Waals surface area contributed by atoms with Gasteiger partial charge < -0.3 is 16.0 Å². The van der Waals surface area contributed by atoms with Gasteiger partial charge in [0.1, 0.15) is 11.6 Å². The van der Waals surface area contributed by atoms with E-state index < -0.39 is 0 Å². The topological polar surface area (TPSA) is 78.9 Å². The second kappa shape index (κ2) is 8.94. The summed E-state index contributed by atoms with van der Waals surface area (Å²) < 4.78 is 13.0. The number of carbonyl (C=O) groups is 1. The van der Waals surface area contributed by atoms with Gasteiger partial charge in [-0.05, 0) is 55.3 Å². The van der Waals surface area contributed by atoms with Gasteiger partial charge >= 0.3 is 0 Å². The lowest BCUT2D eigenvalue weighted by molar-refractivity contribution is -0.114. The quantitative estimate of drug-likeness (QED) is 0.571. The number of rotatable bonds is 7. The average Bonchev–Trinajstić information content (AvgIpc) is 2.64. The molecule has 1 amide bonds. The van der Waals surface area contributed by atoms with Crippen molar-refractivity contribution in [3.8, 4) is 0 Å². The van der Waals surface area contributed by atoms with Crippen molar-refractivity contribution in [2.45, 2.75) is 20.3 Å². The summed E-state index contributed by atoms with van der Waals surface area (Å²) in [4.78, 5) is 20.0. The molecule has 0 aliphatic carbocycles. The Labute approximate surface area is 163 Å². The number of halogens is 1. The van der Waals surface area contributed by atoms with Crippen LogP contribution in [-0.4, -0.2) is 22.4 Å². The Morgan fingerprint density at radius 3 is 2.36 bits per heavy atom. The molecule has 0 saturated carbocycles. The molecule has 0 spiro atoms. The zero-order chi connectivity index (χ0) is 19.9. The third-order valence-electron chi connectivity index (χ3n) is 3.94. The van der Waals surface area contributed by atoms with E-state index in [1.54, 1.807) is 12.1 Å². The summed E-state index contributed by atoms with van der Waals surface area (Å²) in [5.74, 6) is 0.853. The van der Waals surface area contributed by atoms with E-state index in [4.69, 9.17) is 0 Å². The Morgan fingerprint density at radius 1 is 1.00 bits per heavy atom. The van der Waals surface area contributed by atoms with Gasteiger partial charge in [-0.15, -0.1) is 0 Å². The van der Waals surface area contributed by atoms with E-state index in [1.807, 2.05) is 37.3 Å². The molecular formula is C21H22FN5O. The Hall–Kier alpha value is -3.48. The van der Waals surface area contributed by atoms with Crippen LogP contribution in [0.1, 0.15) is 18.2 Å². The van der Waals surface area contributed by atoms with Crippen molar-refractivity contribution in [2.24, 2.45) is 0 Å². The number of nitrogens with one attached hydrogen (secondary N) is 3. The first-order chi connectivity index (χ1) is 13.5. The lowest BCUT2D eigenvalue weighted by Gasteiger charge is -2.11. The highest BCUT2D eigenvalue weighted by atomic mass is 19.1. The molecule has 1 aromatic heterocycles. The fourth-order valence-corrected chi connectivity index (χ4v) is 2.67. The van der Waals surface area contributed by atoms with Crippen LogP contribution < -0.4 is 16.0 Å². The number of anilines is 4. The molecule has 0 unspecified atom stereocenters. The first-order valence-corrected chi connectivity index (χ1v) is 8.96. The van der Waals surface area contributed by atoms with Gasteiger partial charge in [-0.2, -0.15) is 4.98 Å². The molecule has 0 bridgehead atoms. The van der Waals surface area contributed by atoms with Crippen LogP contribution in [-0.2, 0) is 11.2 Å². The maximum Gasteiger partial charge on any atom is 0.224 e. The van der Waals surface area contributed by atoms with E-state index >= 15 is 0 Å². The molecule has 0 aliphatic heterocycles. The van der Waals surface area contributed by atoms with Gasteiger partial charge in [0.25, 0.3) is 0 Å². The highest BCUT2D eigenvalue weighted by Crippen LogP contribution is 2.19. The van der Waals surface area contributed by atoms with Crippen molar-refractivity contribution in [3.63, 3.8) is 0 Å². The van der Waals surface area contributed by atoms with E-state index in [0.29, 0.717) is 18.3 Å². The molecule has 0 atom stereocenters. The summed E-state index contributed by atoms with van der Waals surface area (Å²) >= 11 is 0. The van der Waals surface area contributed by atoms with Crippen LogP contribution in [0, 0.1) is 12.7 Å². The van der Waals surface area contributed by atoms with Crippen molar-refractivity contribution in [1.82, 2.24) is 9.97 Å². The molecule has 28 heavy (non-hydrogen) atoms. The number of aromatic nitrogens is 2. The zero-order valence-corrected chi connectivity index (χ0v) is 15.8. The minimum Gasteiger partial charge on any atom is -0.354 e. The average molecular weight is 379 g/mol. The minimum absolute atomic E-state index is 0.108. The van der Waals surface area contributed by atoms with E-state index in [2.05, 4.69) is 25.9 Å². The van der Waals surface area contributed by atoms with Crippen molar-refractivity contribution >= 4 is 29.0 Å². The van der Waals surface area contributed by atoms with Crippen LogP contribution in [0.15, 0.2) is 54.6 Å². The molecule has 3 N–H and O–H groups in total. The van der Waals surface area contributed by atoms with Gasteiger partial charge in [-0.3, -0.25) is 4.79 Å². The number of amides is 1. The Morgan fingerprint density at radius 2 is 1.68 bits per heavy atom. The van der Waals surface area contributed by atoms with Crippen LogP contribution >= 0.6 is 0 Å². The summed E-state index contributed by atoms with van der Waals surface area (Å²) in [7, 11) is 0. The molecule has 7 heteroatoms. The summed E-state index contributed by atoms with van der Waals surface area (Å²) in [5, 5.41) is 9.17. The highest BCUT2D eigenvalue weighted by molar-refractivity contribution is 5.88. The molecule has 0 radical (unpaired) electrons. The minimum atomic E-state index is -0.237. The number of benzene rings is 2. The van der Waals surface area contributed by atoms with Gasteiger partial charge in [0, 0.05) is 36.6 Å². The first kappa shape index (κ1) is 19.3. The fourth-order valence-electron chi connectivity index (χ4n) is 2.67. The van der Waals surface area contributed by atoms with Gasteiger partial charge in [0.15, 0.2) is 0 Å². The van der Waals surface area contributed by atoms with Gasteiger partial charge in [0.2, 0.25) is 11.9 Å². The summed E-state index contributed by atoms with van der Waals surface area (Å²) in [6.45, 7) is 4.01. The van der Waals surface area contributed by atoms with E-state index in [-0.39, 0.29) is 11.7 Å². The normalized spacial score (nSPS) is 10.4. The van der Waals surface area contributed by atoms with E-state index in [0.717, 1.165) is 29.1 Å². The molecule has 144 valence electrons. The molecule has 3 rings (SSSR count). The van der Waals surface area contributed by atoms with Crippen LogP contribution in [0.5, 0.6) is 0 Å². The first-order valence-electron chi connectivity index (χ1n) is 8.96. The summed E-state index contributed by atoms with van der Waals surface area (Å²) in [6.07, 6.45) is 0.741. The monoisotopic (exact) mass is 379 g/mol. The Bertz CT molecular complexity index is 942. The summed E-state index contributed by atoms with van der Waals surface area (Å²) in [5.41, 5.74) is 3.46. The van der Waals surface area contributed by atoms with Gasteiger partial charge in [-0.1, -0.05) is 12.1 Å². The second-order valence-electron chi connectivity index (χ2n) is 6.40. The molecular weight excluding hydrogens is 357 g/mol. The Kier molecular flexibility index (Phi) is 6.16. The number of carbonyl (C=O) groups excluding carboxylic acids is 1.